The zero-order valence-electron chi connectivity index (χ0n) is 26.8. The van der Waals surface area contributed by atoms with Crippen molar-refractivity contribution < 1.29 is 24.2 Å². The van der Waals surface area contributed by atoms with Gasteiger partial charge in [-0.2, -0.15) is 0 Å². The molecule has 8 nitrogen and oxygen atoms in total. The highest BCUT2D eigenvalue weighted by Gasteiger charge is 2.35. The molecule has 1 aliphatic heterocycles. The number of nitrogens with zero attached hydrogens (tertiary/aromatic N) is 2. The van der Waals surface area contributed by atoms with Crippen molar-refractivity contribution >= 4 is 35.0 Å². The van der Waals surface area contributed by atoms with Crippen LogP contribution in [0.3, 0.4) is 0 Å². The Morgan fingerprint density at radius 3 is 2.35 bits per heavy atom. The third-order valence-corrected chi connectivity index (χ3v) is 9.03. The van der Waals surface area contributed by atoms with Gasteiger partial charge >= 0.3 is 11.9 Å². The molecule has 0 amide bonds. The van der Waals surface area contributed by atoms with Gasteiger partial charge in [0.1, 0.15) is 12.4 Å². The first kappa shape index (κ1) is 32.4. The van der Waals surface area contributed by atoms with Crippen LogP contribution in [-0.2, 0) is 16.1 Å². The van der Waals surface area contributed by atoms with Crippen LogP contribution >= 0.6 is 11.3 Å². The molecule has 0 radical (unpaired) electrons. The molecule has 1 N–H and O–H groups in total. The van der Waals surface area contributed by atoms with Crippen molar-refractivity contribution in [2.45, 2.75) is 39.3 Å². The lowest BCUT2D eigenvalue weighted by Gasteiger charge is -2.26. The van der Waals surface area contributed by atoms with Crippen molar-refractivity contribution in [3.63, 3.8) is 0 Å². The van der Waals surface area contributed by atoms with Gasteiger partial charge < -0.3 is 14.6 Å². The average Bonchev–Trinajstić information content (AvgIpc) is 3.41. The Hall–Kier alpha value is -5.54. The summed E-state index contributed by atoms with van der Waals surface area (Å²) in [6.07, 6.45) is 1.80. The first-order valence-corrected chi connectivity index (χ1v) is 16.5. The van der Waals surface area contributed by atoms with E-state index in [1.807, 2.05) is 72.8 Å². The zero-order chi connectivity index (χ0) is 33.8. The topological polar surface area (TPSA) is 107 Å². The van der Waals surface area contributed by atoms with E-state index in [2.05, 4.69) is 13.8 Å². The third kappa shape index (κ3) is 6.77. The summed E-state index contributed by atoms with van der Waals surface area (Å²) in [5.41, 5.74) is 4.96. The fraction of sp³-hybridized carbons (Fsp3) is 0.179. The van der Waals surface area contributed by atoms with Crippen molar-refractivity contribution in [3.8, 4) is 5.75 Å². The number of hydrogen-bond acceptors (Lipinski definition) is 7. The predicted octanol–water partition coefficient (Wildman–Crippen LogP) is 6.34. The van der Waals surface area contributed by atoms with Gasteiger partial charge in [-0.25, -0.2) is 14.6 Å². The lowest BCUT2D eigenvalue weighted by Crippen LogP contribution is -2.40. The molecule has 4 aromatic carbocycles. The molecule has 5 aromatic rings. The van der Waals surface area contributed by atoms with E-state index in [4.69, 9.17) is 14.5 Å². The number of thiazole rings is 1. The number of esters is 1. The summed E-state index contributed by atoms with van der Waals surface area (Å²) >= 11 is 1.27. The number of ether oxygens (including phenoxy) is 2. The number of aromatic nitrogens is 1. The predicted molar refractivity (Wildman–Crippen MR) is 186 cm³/mol. The Bertz CT molecular complexity index is 2180. The van der Waals surface area contributed by atoms with Crippen LogP contribution < -0.4 is 19.6 Å². The SMILES string of the molecule is CCOC(=O)C1=C(c2ccccc2)N=c2s/c(=C\c3ccc(OCc4cccc(C(=O)O)c4)cc3)c(=O)n2[C@@H]1c1ccc(C(C)C)cc1. The van der Waals surface area contributed by atoms with E-state index in [0.717, 1.165) is 27.8 Å². The lowest BCUT2D eigenvalue weighted by molar-refractivity contribution is -0.138. The van der Waals surface area contributed by atoms with Gasteiger partial charge in [-0.1, -0.05) is 104 Å². The van der Waals surface area contributed by atoms with Crippen LogP contribution in [0.15, 0.2) is 118 Å². The van der Waals surface area contributed by atoms with Crippen molar-refractivity contribution in [2.24, 2.45) is 4.99 Å². The lowest BCUT2D eigenvalue weighted by atomic mass is 9.91. The number of carboxylic acids is 1. The van der Waals surface area contributed by atoms with Gasteiger partial charge in [-0.15, -0.1) is 0 Å². The van der Waals surface area contributed by atoms with Crippen LogP contribution in [-0.4, -0.2) is 28.2 Å². The van der Waals surface area contributed by atoms with Gasteiger partial charge in [0.2, 0.25) is 0 Å². The smallest absolute Gasteiger partial charge is 0.338 e. The maximum Gasteiger partial charge on any atom is 0.338 e. The van der Waals surface area contributed by atoms with Gasteiger partial charge in [0.05, 0.1) is 34.0 Å². The Morgan fingerprint density at radius 1 is 0.958 bits per heavy atom. The molecular weight excluding hydrogens is 625 g/mol. The summed E-state index contributed by atoms with van der Waals surface area (Å²) in [4.78, 5) is 44.6. The fourth-order valence-corrected chi connectivity index (χ4v) is 6.59. The molecule has 1 aromatic heterocycles. The van der Waals surface area contributed by atoms with E-state index in [9.17, 15) is 19.5 Å². The molecule has 1 atom stereocenters. The number of benzene rings is 4. The van der Waals surface area contributed by atoms with E-state index in [0.29, 0.717) is 32.3 Å². The molecule has 0 fully saturated rings. The summed E-state index contributed by atoms with van der Waals surface area (Å²) in [6, 6.07) is 30.7. The highest BCUT2D eigenvalue weighted by molar-refractivity contribution is 7.07. The summed E-state index contributed by atoms with van der Waals surface area (Å²) in [6.45, 7) is 6.39. The number of carbonyl (C=O) groups excluding carboxylic acids is 1. The second kappa shape index (κ2) is 14.1. The van der Waals surface area contributed by atoms with Crippen LogP contribution in [0.4, 0.5) is 0 Å². The van der Waals surface area contributed by atoms with Gasteiger partial charge in [0.15, 0.2) is 4.80 Å². The zero-order valence-corrected chi connectivity index (χ0v) is 27.6. The third-order valence-electron chi connectivity index (χ3n) is 8.05. The van der Waals surface area contributed by atoms with E-state index < -0.39 is 18.0 Å². The molecule has 0 unspecified atom stereocenters. The van der Waals surface area contributed by atoms with Crippen molar-refractivity contribution in [3.05, 3.63) is 162 Å². The Balaban J connectivity index is 1.41. The Labute approximate surface area is 281 Å². The molecule has 0 bridgehead atoms. The molecule has 2 heterocycles. The number of fused-ring (bicyclic) bond motifs is 1. The Kier molecular flexibility index (Phi) is 9.50. The monoisotopic (exact) mass is 658 g/mol. The number of rotatable bonds is 10. The first-order chi connectivity index (χ1) is 23.2. The highest BCUT2D eigenvalue weighted by atomic mass is 32.1. The molecule has 6 rings (SSSR count). The molecule has 242 valence electrons. The average molecular weight is 659 g/mol. The fourth-order valence-electron chi connectivity index (χ4n) is 5.59. The summed E-state index contributed by atoms with van der Waals surface area (Å²) in [5.74, 6) is -0.584. The number of aromatic carboxylic acids is 1. The molecule has 9 heteroatoms. The number of hydrogen-bond donors (Lipinski definition) is 1. The maximum absolute atomic E-state index is 14.2. The number of carboxylic acid groups (broad SMARTS) is 1. The maximum atomic E-state index is 14.2. The van der Waals surface area contributed by atoms with E-state index >= 15 is 0 Å². The molecular formula is C39H34N2O6S. The quantitative estimate of drug-likeness (QED) is 0.176. The molecule has 0 spiro atoms. The second-order valence-corrected chi connectivity index (χ2v) is 12.6. The van der Waals surface area contributed by atoms with Gasteiger partial charge in [0, 0.05) is 5.56 Å². The van der Waals surface area contributed by atoms with E-state index in [-0.39, 0.29) is 24.3 Å². The summed E-state index contributed by atoms with van der Waals surface area (Å²) in [7, 11) is 0. The van der Waals surface area contributed by atoms with E-state index in [1.54, 1.807) is 41.8 Å². The van der Waals surface area contributed by atoms with Crippen molar-refractivity contribution in [1.82, 2.24) is 4.57 Å². The van der Waals surface area contributed by atoms with Crippen LogP contribution in [0.2, 0.25) is 0 Å². The molecule has 0 saturated heterocycles. The summed E-state index contributed by atoms with van der Waals surface area (Å²) in [5, 5.41) is 9.25. The minimum atomic E-state index is -0.991. The van der Waals surface area contributed by atoms with Crippen LogP contribution in [0.25, 0.3) is 11.8 Å². The minimum Gasteiger partial charge on any atom is -0.489 e. The standard InChI is InChI=1S/C39H34N2O6S/c1-4-46-38(45)33-34(28-10-6-5-7-11-28)40-39-41(35(33)29-17-15-27(16-18-29)24(2)3)36(42)32(48-39)22-25-13-19-31(20-14-25)47-23-26-9-8-12-30(21-26)37(43)44/h5-22,24,35H,4,23H2,1-3H3,(H,43,44)/b32-22-/t35-/m1/s1. The minimum absolute atomic E-state index is 0.183. The first-order valence-electron chi connectivity index (χ1n) is 15.7. The van der Waals surface area contributed by atoms with Crippen LogP contribution in [0.5, 0.6) is 5.75 Å². The van der Waals surface area contributed by atoms with Gasteiger partial charge in [-0.05, 0) is 65.4 Å². The van der Waals surface area contributed by atoms with Gasteiger partial charge in [-0.3, -0.25) is 9.36 Å². The molecule has 48 heavy (non-hydrogen) atoms. The number of carbonyl (C=O) groups is 2. The highest BCUT2D eigenvalue weighted by Crippen LogP contribution is 2.35. The van der Waals surface area contributed by atoms with E-state index in [1.165, 1.54) is 17.4 Å². The van der Waals surface area contributed by atoms with Crippen LogP contribution in [0, 0.1) is 0 Å². The van der Waals surface area contributed by atoms with Crippen molar-refractivity contribution in [1.29, 1.82) is 0 Å². The van der Waals surface area contributed by atoms with Crippen molar-refractivity contribution in [2.75, 3.05) is 6.61 Å². The Morgan fingerprint density at radius 2 is 1.69 bits per heavy atom. The van der Waals surface area contributed by atoms with Gasteiger partial charge in [0.25, 0.3) is 5.56 Å². The molecule has 0 saturated carbocycles. The molecule has 0 aliphatic carbocycles. The normalized spacial score (nSPS) is 14.4. The molecule has 1 aliphatic rings. The summed E-state index contributed by atoms with van der Waals surface area (Å²) < 4.78 is 13.5. The van der Waals surface area contributed by atoms with Crippen LogP contribution in [0.1, 0.15) is 70.9 Å². The second-order valence-electron chi connectivity index (χ2n) is 11.6. The largest absolute Gasteiger partial charge is 0.489 e.